The van der Waals surface area contributed by atoms with Gasteiger partial charge in [-0.2, -0.15) is 0 Å². The molecular formula is C24H24N2O5. The lowest BCUT2D eigenvalue weighted by atomic mass is 9.78. The molecule has 1 heterocycles. The van der Waals surface area contributed by atoms with Crippen molar-refractivity contribution in [2.75, 3.05) is 24.4 Å². The van der Waals surface area contributed by atoms with Crippen molar-refractivity contribution in [2.24, 2.45) is 17.8 Å². The second kappa shape index (κ2) is 8.26. The van der Waals surface area contributed by atoms with E-state index >= 15 is 0 Å². The molecule has 160 valence electrons. The van der Waals surface area contributed by atoms with E-state index in [1.165, 1.54) is 12.0 Å². The highest BCUT2D eigenvalue weighted by Gasteiger charge is 2.50. The molecule has 3 atom stereocenters. The van der Waals surface area contributed by atoms with Crippen molar-refractivity contribution in [3.63, 3.8) is 0 Å². The lowest BCUT2D eigenvalue weighted by Crippen LogP contribution is -2.31. The molecule has 31 heavy (non-hydrogen) atoms. The summed E-state index contributed by atoms with van der Waals surface area (Å²) in [5.74, 6) is -0.183. The summed E-state index contributed by atoms with van der Waals surface area (Å²) in [7, 11) is 3.06. The molecule has 1 aliphatic carbocycles. The number of nitrogens with one attached hydrogen (secondary N) is 1. The van der Waals surface area contributed by atoms with Crippen molar-refractivity contribution < 1.29 is 23.9 Å². The molecule has 1 saturated heterocycles. The summed E-state index contributed by atoms with van der Waals surface area (Å²) >= 11 is 0. The maximum Gasteiger partial charge on any atom is 0.255 e. The number of carbonyl (C=O) groups is 3. The molecule has 3 amide bonds. The summed E-state index contributed by atoms with van der Waals surface area (Å²) in [6.45, 7) is 1.96. The van der Waals surface area contributed by atoms with E-state index in [1.807, 2.05) is 19.1 Å². The fourth-order valence-electron chi connectivity index (χ4n) is 4.26. The number of ether oxygens (including phenoxy) is 2. The highest BCUT2D eigenvalue weighted by molar-refractivity contribution is 6.22. The lowest BCUT2D eigenvalue weighted by Gasteiger charge is -2.22. The van der Waals surface area contributed by atoms with Gasteiger partial charge in [-0.25, -0.2) is 0 Å². The van der Waals surface area contributed by atoms with Gasteiger partial charge in [0.15, 0.2) is 0 Å². The summed E-state index contributed by atoms with van der Waals surface area (Å²) in [6.07, 6.45) is 4.55. The average molecular weight is 420 g/mol. The summed E-state index contributed by atoms with van der Waals surface area (Å²) in [5.41, 5.74) is 1.39. The van der Waals surface area contributed by atoms with E-state index in [-0.39, 0.29) is 35.5 Å². The average Bonchev–Trinajstić information content (AvgIpc) is 3.05. The minimum Gasteiger partial charge on any atom is -0.497 e. The molecule has 0 aromatic heterocycles. The Hall–Kier alpha value is -3.61. The second-order valence-corrected chi connectivity index (χ2v) is 7.73. The Bertz CT molecular complexity index is 1060. The highest BCUT2D eigenvalue weighted by Crippen LogP contribution is 2.40. The normalized spacial score (nSPS) is 22.3. The maximum absolute atomic E-state index is 12.9. The van der Waals surface area contributed by atoms with Crippen molar-refractivity contribution >= 4 is 29.1 Å². The van der Waals surface area contributed by atoms with Crippen LogP contribution in [0.25, 0.3) is 0 Å². The van der Waals surface area contributed by atoms with Crippen molar-refractivity contribution in [1.29, 1.82) is 0 Å². The first-order valence-corrected chi connectivity index (χ1v) is 10.1. The molecule has 4 rings (SSSR count). The predicted octanol–water partition coefficient (Wildman–Crippen LogP) is 3.66. The smallest absolute Gasteiger partial charge is 0.255 e. The van der Waals surface area contributed by atoms with Crippen molar-refractivity contribution in [1.82, 2.24) is 0 Å². The number of amides is 3. The first kappa shape index (κ1) is 20.7. The van der Waals surface area contributed by atoms with Crippen molar-refractivity contribution in [3.05, 3.63) is 60.2 Å². The highest BCUT2D eigenvalue weighted by atomic mass is 16.5. The van der Waals surface area contributed by atoms with Gasteiger partial charge >= 0.3 is 0 Å². The lowest BCUT2D eigenvalue weighted by molar-refractivity contribution is -0.122. The van der Waals surface area contributed by atoms with Crippen LogP contribution < -0.4 is 19.7 Å². The van der Waals surface area contributed by atoms with Gasteiger partial charge in [-0.3, -0.25) is 19.3 Å². The van der Waals surface area contributed by atoms with Crippen LogP contribution in [0.15, 0.2) is 54.6 Å². The zero-order chi connectivity index (χ0) is 22.1. The molecule has 0 saturated carbocycles. The third kappa shape index (κ3) is 3.67. The first-order valence-electron chi connectivity index (χ1n) is 10.1. The predicted molar refractivity (Wildman–Crippen MR) is 116 cm³/mol. The number of hydrogen-bond donors (Lipinski definition) is 1. The van der Waals surface area contributed by atoms with Crippen LogP contribution >= 0.6 is 0 Å². The van der Waals surface area contributed by atoms with Crippen LogP contribution in [0, 0.1) is 17.8 Å². The van der Waals surface area contributed by atoms with E-state index in [0.29, 0.717) is 34.9 Å². The van der Waals surface area contributed by atoms with Crippen LogP contribution in [0.1, 0.15) is 23.7 Å². The summed E-state index contributed by atoms with van der Waals surface area (Å²) in [4.78, 5) is 39.7. The van der Waals surface area contributed by atoms with Gasteiger partial charge in [0.1, 0.15) is 11.5 Å². The topological polar surface area (TPSA) is 84.9 Å². The number of rotatable bonds is 5. The molecule has 2 aromatic rings. The number of hydrogen-bond acceptors (Lipinski definition) is 5. The number of anilines is 2. The van der Waals surface area contributed by atoms with Crippen LogP contribution in [0.5, 0.6) is 11.5 Å². The van der Waals surface area contributed by atoms with E-state index in [0.717, 1.165) is 0 Å². The van der Waals surface area contributed by atoms with Crippen LogP contribution in [0.2, 0.25) is 0 Å². The monoisotopic (exact) mass is 420 g/mol. The van der Waals surface area contributed by atoms with E-state index in [9.17, 15) is 14.4 Å². The van der Waals surface area contributed by atoms with E-state index in [4.69, 9.17) is 9.47 Å². The third-order valence-electron chi connectivity index (χ3n) is 5.92. The molecule has 0 spiro atoms. The van der Waals surface area contributed by atoms with Gasteiger partial charge in [0.25, 0.3) is 5.91 Å². The van der Waals surface area contributed by atoms with Crippen molar-refractivity contribution in [3.8, 4) is 11.5 Å². The SMILES string of the molecule is COc1ccc(NC(=O)c2ccc(N3C(=O)[C@@H]4[C@H](C)C=CC[C@@H]4C3=O)cc2)c(OC)c1. The molecule has 1 aliphatic heterocycles. The van der Waals surface area contributed by atoms with Crippen LogP contribution in [0.3, 0.4) is 0 Å². The molecule has 0 bridgehead atoms. The molecule has 1 fully saturated rings. The Balaban J connectivity index is 1.52. The molecular weight excluding hydrogens is 396 g/mol. The molecule has 7 nitrogen and oxygen atoms in total. The van der Waals surface area contributed by atoms with Gasteiger partial charge < -0.3 is 14.8 Å². The van der Waals surface area contributed by atoms with Gasteiger partial charge in [-0.05, 0) is 48.7 Å². The number of fused-ring (bicyclic) bond motifs is 1. The van der Waals surface area contributed by atoms with Gasteiger partial charge in [0, 0.05) is 11.6 Å². The summed E-state index contributed by atoms with van der Waals surface area (Å²) < 4.78 is 10.5. The zero-order valence-corrected chi connectivity index (χ0v) is 17.6. The number of imide groups is 1. The number of methoxy groups -OCH3 is 2. The van der Waals surface area contributed by atoms with Gasteiger partial charge in [-0.1, -0.05) is 19.1 Å². The van der Waals surface area contributed by atoms with Crippen LogP contribution in [0.4, 0.5) is 11.4 Å². The fourth-order valence-corrected chi connectivity index (χ4v) is 4.26. The van der Waals surface area contributed by atoms with Crippen LogP contribution in [-0.4, -0.2) is 31.9 Å². The van der Waals surface area contributed by atoms with Gasteiger partial charge in [0.2, 0.25) is 11.8 Å². The Morgan fingerprint density at radius 1 is 1.03 bits per heavy atom. The number of benzene rings is 2. The molecule has 7 heteroatoms. The standard InChI is InChI=1S/C24H24N2O5/c1-14-5-4-6-18-21(14)24(29)26(23(18)28)16-9-7-15(8-10-16)22(27)25-19-12-11-17(30-2)13-20(19)31-3/h4-5,7-14,18,21H,6H2,1-3H3,(H,25,27)/t14-,18+,21-/m1/s1. The van der Waals surface area contributed by atoms with E-state index < -0.39 is 0 Å². The maximum atomic E-state index is 12.9. The molecule has 2 aromatic carbocycles. The molecule has 2 aliphatic rings. The van der Waals surface area contributed by atoms with E-state index in [1.54, 1.807) is 49.6 Å². The Morgan fingerprint density at radius 2 is 1.77 bits per heavy atom. The van der Waals surface area contributed by atoms with Gasteiger partial charge in [0.05, 0.1) is 37.4 Å². The third-order valence-corrected chi connectivity index (χ3v) is 5.92. The first-order chi connectivity index (χ1) is 14.9. The minimum atomic E-state index is -0.333. The number of allylic oxidation sites excluding steroid dienone is 2. The van der Waals surface area contributed by atoms with E-state index in [2.05, 4.69) is 5.32 Å². The Morgan fingerprint density at radius 3 is 2.42 bits per heavy atom. The zero-order valence-electron chi connectivity index (χ0n) is 17.6. The largest absolute Gasteiger partial charge is 0.497 e. The van der Waals surface area contributed by atoms with Crippen LogP contribution in [-0.2, 0) is 9.59 Å². The molecule has 0 unspecified atom stereocenters. The second-order valence-electron chi connectivity index (χ2n) is 7.73. The minimum absolute atomic E-state index is 0.0322. The molecule has 1 N–H and O–H groups in total. The summed E-state index contributed by atoms with van der Waals surface area (Å²) in [6, 6.07) is 11.6. The Labute approximate surface area is 180 Å². The van der Waals surface area contributed by atoms with Gasteiger partial charge in [-0.15, -0.1) is 0 Å². The Kier molecular flexibility index (Phi) is 5.50. The number of nitrogens with zero attached hydrogens (tertiary/aromatic N) is 1. The summed E-state index contributed by atoms with van der Waals surface area (Å²) in [5, 5.41) is 2.81. The quantitative estimate of drug-likeness (QED) is 0.589. The fraction of sp³-hybridized carbons (Fsp3) is 0.292. The van der Waals surface area contributed by atoms with Crippen molar-refractivity contribution in [2.45, 2.75) is 13.3 Å². The number of carbonyl (C=O) groups excluding carboxylic acids is 3. The molecule has 0 radical (unpaired) electrons.